The number of rotatable bonds is 6. The molecule has 31 heavy (non-hydrogen) atoms. The SMILES string of the molecule is N#Cc1ccc(Cl)cc1NC(=O)CSc1nnc(-c2ccccc2)n1-c1ccccc1. The number of halogens is 1. The first kappa shape index (κ1) is 20.7. The highest BCUT2D eigenvalue weighted by Crippen LogP contribution is 2.28. The molecular weight excluding hydrogens is 430 g/mol. The topological polar surface area (TPSA) is 83.6 Å². The molecule has 0 saturated carbocycles. The molecule has 0 aliphatic rings. The number of nitrogens with one attached hydrogen (secondary N) is 1. The zero-order chi connectivity index (χ0) is 21.6. The molecule has 0 unspecified atom stereocenters. The summed E-state index contributed by atoms with van der Waals surface area (Å²) in [6.45, 7) is 0. The molecule has 0 spiro atoms. The molecule has 8 heteroatoms. The fraction of sp³-hybridized carbons (Fsp3) is 0.0435. The maximum Gasteiger partial charge on any atom is 0.234 e. The van der Waals surface area contributed by atoms with Gasteiger partial charge in [-0.2, -0.15) is 5.26 Å². The predicted molar refractivity (Wildman–Crippen MR) is 122 cm³/mol. The van der Waals surface area contributed by atoms with Crippen LogP contribution in [0.15, 0.2) is 84.0 Å². The van der Waals surface area contributed by atoms with Crippen molar-refractivity contribution in [1.29, 1.82) is 5.26 Å². The van der Waals surface area contributed by atoms with Gasteiger partial charge in [-0.3, -0.25) is 9.36 Å². The number of nitriles is 1. The van der Waals surface area contributed by atoms with E-state index in [2.05, 4.69) is 15.5 Å². The number of thioether (sulfide) groups is 1. The van der Waals surface area contributed by atoms with E-state index in [9.17, 15) is 10.1 Å². The van der Waals surface area contributed by atoms with Crippen LogP contribution in [0.4, 0.5) is 5.69 Å². The summed E-state index contributed by atoms with van der Waals surface area (Å²) >= 11 is 7.26. The van der Waals surface area contributed by atoms with Crippen LogP contribution in [-0.4, -0.2) is 26.4 Å². The normalized spacial score (nSPS) is 10.5. The second-order valence-corrected chi connectivity index (χ2v) is 7.86. The molecule has 0 radical (unpaired) electrons. The molecule has 4 rings (SSSR count). The summed E-state index contributed by atoms with van der Waals surface area (Å²) < 4.78 is 1.92. The molecule has 0 fully saturated rings. The van der Waals surface area contributed by atoms with Gasteiger partial charge in [-0.25, -0.2) is 0 Å². The lowest BCUT2D eigenvalue weighted by Gasteiger charge is -2.11. The van der Waals surface area contributed by atoms with E-state index in [1.807, 2.05) is 71.3 Å². The van der Waals surface area contributed by atoms with Crippen LogP contribution in [0.25, 0.3) is 17.1 Å². The monoisotopic (exact) mass is 445 g/mol. The molecule has 3 aromatic carbocycles. The molecule has 4 aromatic rings. The van der Waals surface area contributed by atoms with Crippen molar-refractivity contribution in [2.24, 2.45) is 0 Å². The highest BCUT2D eigenvalue weighted by Gasteiger charge is 2.17. The maximum absolute atomic E-state index is 12.5. The van der Waals surface area contributed by atoms with Crippen LogP contribution in [0.2, 0.25) is 5.02 Å². The molecule has 1 amide bonds. The third kappa shape index (κ3) is 4.77. The molecule has 0 bridgehead atoms. The average Bonchev–Trinajstić information content (AvgIpc) is 3.23. The predicted octanol–water partition coefficient (Wildman–Crippen LogP) is 5.19. The Balaban J connectivity index is 1.58. The first-order valence-electron chi connectivity index (χ1n) is 9.34. The van der Waals surface area contributed by atoms with Crippen molar-refractivity contribution in [3.8, 4) is 23.1 Å². The Hall–Kier alpha value is -3.60. The number of hydrogen-bond acceptors (Lipinski definition) is 5. The van der Waals surface area contributed by atoms with Gasteiger partial charge in [0.15, 0.2) is 11.0 Å². The Bertz CT molecular complexity index is 1250. The Labute approximate surface area is 188 Å². The van der Waals surface area contributed by atoms with E-state index in [4.69, 9.17) is 11.6 Å². The minimum atomic E-state index is -0.271. The number of carbonyl (C=O) groups is 1. The lowest BCUT2D eigenvalue weighted by Crippen LogP contribution is -2.15. The van der Waals surface area contributed by atoms with Crippen LogP contribution in [0.5, 0.6) is 0 Å². The van der Waals surface area contributed by atoms with Crippen molar-refractivity contribution in [3.05, 3.63) is 89.4 Å². The lowest BCUT2D eigenvalue weighted by molar-refractivity contribution is -0.113. The van der Waals surface area contributed by atoms with Crippen LogP contribution >= 0.6 is 23.4 Å². The minimum Gasteiger partial charge on any atom is -0.324 e. The summed E-state index contributed by atoms with van der Waals surface area (Å²) in [4.78, 5) is 12.5. The van der Waals surface area contributed by atoms with Gasteiger partial charge in [-0.15, -0.1) is 10.2 Å². The number of nitrogens with zero attached hydrogens (tertiary/aromatic N) is 4. The number of hydrogen-bond donors (Lipinski definition) is 1. The van der Waals surface area contributed by atoms with E-state index in [0.717, 1.165) is 11.3 Å². The Morgan fingerprint density at radius 3 is 2.45 bits per heavy atom. The highest BCUT2D eigenvalue weighted by molar-refractivity contribution is 7.99. The molecule has 1 aromatic heterocycles. The summed E-state index contributed by atoms with van der Waals surface area (Å²) in [6.07, 6.45) is 0. The zero-order valence-corrected chi connectivity index (χ0v) is 17.8. The van der Waals surface area contributed by atoms with Gasteiger partial charge in [-0.1, -0.05) is 71.9 Å². The first-order valence-corrected chi connectivity index (χ1v) is 10.7. The van der Waals surface area contributed by atoms with Crippen molar-refractivity contribution < 1.29 is 4.79 Å². The van der Waals surface area contributed by atoms with Gasteiger partial charge in [0.2, 0.25) is 5.91 Å². The van der Waals surface area contributed by atoms with Gasteiger partial charge in [0.1, 0.15) is 6.07 Å². The molecule has 0 aliphatic carbocycles. The van der Waals surface area contributed by atoms with E-state index in [0.29, 0.717) is 27.3 Å². The molecule has 6 nitrogen and oxygen atoms in total. The zero-order valence-electron chi connectivity index (χ0n) is 16.2. The van der Waals surface area contributed by atoms with Gasteiger partial charge in [0, 0.05) is 16.3 Å². The molecule has 1 N–H and O–H groups in total. The van der Waals surface area contributed by atoms with Crippen LogP contribution in [0.3, 0.4) is 0 Å². The molecule has 0 saturated heterocycles. The second-order valence-electron chi connectivity index (χ2n) is 6.48. The van der Waals surface area contributed by atoms with E-state index in [1.165, 1.54) is 11.8 Å². The van der Waals surface area contributed by atoms with Crippen LogP contribution in [0.1, 0.15) is 5.56 Å². The highest BCUT2D eigenvalue weighted by atomic mass is 35.5. The molecular formula is C23H16ClN5OS. The van der Waals surface area contributed by atoms with Gasteiger partial charge >= 0.3 is 0 Å². The minimum absolute atomic E-state index is 0.0944. The smallest absolute Gasteiger partial charge is 0.234 e. The van der Waals surface area contributed by atoms with E-state index >= 15 is 0 Å². The number of amides is 1. The Morgan fingerprint density at radius 2 is 1.74 bits per heavy atom. The summed E-state index contributed by atoms with van der Waals surface area (Å²) in [5.41, 5.74) is 2.56. The van der Waals surface area contributed by atoms with Crippen LogP contribution in [-0.2, 0) is 4.79 Å². The third-order valence-electron chi connectivity index (χ3n) is 4.39. The Kier molecular flexibility index (Phi) is 6.32. The van der Waals surface area contributed by atoms with Gasteiger partial charge in [0.25, 0.3) is 0 Å². The average molecular weight is 446 g/mol. The van der Waals surface area contributed by atoms with Gasteiger partial charge in [0.05, 0.1) is 17.0 Å². The number of aromatic nitrogens is 3. The molecule has 1 heterocycles. The fourth-order valence-corrected chi connectivity index (χ4v) is 3.91. The third-order valence-corrected chi connectivity index (χ3v) is 5.55. The number of anilines is 1. The standard InChI is InChI=1S/C23H16ClN5OS/c24-18-12-11-17(14-25)20(13-18)26-21(30)15-31-23-28-27-22(16-7-3-1-4-8-16)29(23)19-9-5-2-6-10-19/h1-13H,15H2,(H,26,30). The molecule has 0 aliphatic heterocycles. The summed E-state index contributed by atoms with van der Waals surface area (Å²) in [5.74, 6) is 0.515. The van der Waals surface area contributed by atoms with E-state index in [-0.39, 0.29) is 11.7 Å². The first-order chi connectivity index (χ1) is 15.2. The largest absolute Gasteiger partial charge is 0.324 e. The summed E-state index contributed by atoms with van der Waals surface area (Å²) in [6, 6.07) is 26.3. The van der Waals surface area contributed by atoms with Crippen LogP contribution < -0.4 is 5.32 Å². The number of para-hydroxylation sites is 1. The maximum atomic E-state index is 12.5. The lowest BCUT2D eigenvalue weighted by atomic mass is 10.2. The van der Waals surface area contributed by atoms with Crippen molar-refractivity contribution >= 4 is 35.0 Å². The number of carbonyl (C=O) groups excluding carboxylic acids is 1. The molecule has 152 valence electrons. The Morgan fingerprint density at radius 1 is 1.03 bits per heavy atom. The van der Waals surface area contributed by atoms with Crippen molar-refractivity contribution in [3.63, 3.8) is 0 Å². The van der Waals surface area contributed by atoms with E-state index < -0.39 is 0 Å². The van der Waals surface area contributed by atoms with Crippen LogP contribution in [0, 0.1) is 11.3 Å². The van der Waals surface area contributed by atoms with Gasteiger partial charge in [-0.05, 0) is 30.3 Å². The van der Waals surface area contributed by atoms with Crippen molar-refractivity contribution in [2.75, 3.05) is 11.1 Å². The fourth-order valence-electron chi connectivity index (χ4n) is 2.98. The van der Waals surface area contributed by atoms with Gasteiger partial charge < -0.3 is 5.32 Å². The quantitative estimate of drug-likeness (QED) is 0.413. The van der Waals surface area contributed by atoms with Crippen molar-refractivity contribution in [1.82, 2.24) is 14.8 Å². The number of benzene rings is 3. The summed E-state index contributed by atoms with van der Waals surface area (Å²) in [7, 11) is 0. The van der Waals surface area contributed by atoms with Crippen molar-refractivity contribution in [2.45, 2.75) is 5.16 Å². The van der Waals surface area contributed by atoms with E-state index in [1.54, 1.807) is 18.2 Å². The summed E-state index contributed by atoms with van der Waals surface area (Å²) in [5, 5.41) is 21.7. The second kappa shape index (κ2) is 9.47. The molecule has 0 atom stereocenters.